The monoisotopic (exact) mass is 404 g/mol. The maximum absolute atomic E-state index is 12.4. The van der Waals surface area contributed by atoms with E-state index < -0.39 is 29.7 Å². The number of hydrogen-bond donors (Lipinski definition) is 3. The van der Waals surface area contributed by atoms with Crippen LogP contribution in [0.1, 0.15) is 38.5 Å². The molecule has 3 N–H and O–H groups in total. The smallest absolute Gasteiger partial charge is 0.333 e. The molecule has 0 fully saturated rings. The second-order valence-corrected chi connectivity index (χ2v) is 7.27. The van der Waals surface area contributed by atoms with Gasteiger partial charge in [0, 0.05) is 42.7 Å². The maximum atomic E-state index is 12.4. The molecule has 29 heavy (non-hydrogen) atoms. The van der Waals surface area contributed by atoms with Crippen molar-refractivity contribution in [2.24, 2.45) is 0 Å². The molecule has 0 spiro atoms. The minimum Gasteiger partial charge on any atom is -0.507 e. The van der Waals surface area contributed by atoms with E-state index in [-0.39, 0.29) is 47.7 Å². The first-order chi connectivity index (χ1) is 13.7. The van der Waals surface area contributed by atoms with Crippen molar-refractivity contribution in [1.29, 1.82) is 0 Å². The summed E-state index contributed by atoms with van der Waals surface area (Å²) >= 11 is 0. The summed E-state index contributed by atoms with van der Waals surface area (Å²) in [6.45, 7) is 4.38. The van der Waals surface area contributed by atoms with Gasteiger partial charge in [0.1, 0.15) is 46.5 Å². The molecule has 0 aliphatic carbocycles. The van der Waals surface area contributed by atoms with Crippen LogP contribution in [0.4, 0.5) is 0 Å². The van der Waals surface area contributed by atoms with Crippen molar-refractivity contribution in [3.63, 3.8) is 0 Å². The van der Waals surface area contributed by atoms with Crippen molar-refractivity contribution in [3.8, 4) is 11.5 Å². The molecule has 8 nitrogen and oxygen atoms in total. The molecule has 3 rings (SSSR count). The topological polar surface area (TPSA) is 126 Å². The number of rotatable bonds is 5. The number of phenolic OH excluding ortho intramolecular Hbond substituents is 1. The molecular weight excluding hydrogens is 380 g/mol. The highest BCUT2D eigenvalue weighted by molar-refractivity contribution is 5.88. The van der Waals surface area contributed by atoms with Crippen LogP contribution in [0.3, 0.4) is 0 Å². The van der Waals surface area contributed by atoms with Gasteiger partial charge in [0.2, 0.25) is 0 Å². The molecule has 0 unspecified atom stereocenters. The zero-order valence-electron chi connectivity index (χ0n) is 16.5. The molecule has 1 aromatic heterocycles. The number of aliphatic hydroxyl groups excluding tert-OH is 2. The van der Waals surface area contributed by atoms with Crippen LogP contribution in [0.25, 0.3) is 11.0 Å². The van der Waals surface area contributed by atoms with E-state index in [1.807, 2.05) is 0 Å². The van der Waals surface area contributed by atoms with Crippen molar-refractivity contribution in [2.45, 2.75) is 51.9 Å². The molecule has 0 saturated heterocycles. The molecule has 0 radical (unpaired) electrons. The van der Waals surface area contributed by atoms with E-state index in [1.54, 1.807) is 26.8 Å². The van der Waals surface area contributed by atoms with Gasteiger partial charge < -0.3 is 29.2 Å². The van der Waals surface area contributed by atoms with Crippen LogP contribution in [0.15, 0.2) is 33.0 Å². The van der Waals surface area contributed by atoms with Gasteiger partial charge >= 0.3 is 5.97 Å². The zero-order valence-corrected chi connectivity index (χ0v) is 16.5. The van der Waals surface area contributed by atoms with Crippen LogP contribution in [-0.4, -0.2) is 39.6 Å². The fourth-order valence-electron chi connectivity index (χ4n) is 3.40. The van der Waals surface area contributed by atoms with E-state index in [2.05, 4.69) is 0 Å². The minimum absolute atomic E-state index is 0.0370. The summed E-state index contributed by atoms with van der Waals surface area (Å²) in [6.07, 6.45) is 1.10. The molecule has 2 aromatic rings. The maximum Gasteiger partial charge on any atom is 0.333 e. The van der Waals surface area contributed by atoms with Crippen LogP contribution < -0.4 is 10.2 Å². The first-order valence-corrected chi connectivity index (χ1v) is 9.30. The number of aromatic hydroxyl groups is 1. The van der Waals surface area contributed by atoms with E-state index in [1.165, 1.54) is 6.07 Å². The standard InChI is InChI=1S/C21H24O8/c1-4-11(2)20(26)28-17-8-13-15(29-21(17,3)5-6-22)9-16-18(19(13)25)14(24)7-12(10-23)27-16/h4,7,9,17,22-23,25H,5-6,8,10H2,1-3H3/b11-4-/t17-,21+/m1/s1. The van der Waals surface area contributed by atoms with Crippen molar-refractivity contribution in [3.05, 3.63) is 45.3 Å². The first kappa shape index (κ1) is 20.9. The van der Waals surface area contributed by atoms with E-state index in [0.717, 1.165) is 6.07 Å². The average Bonchev–Trinajstić information content (AvgIpc) is 2.68. The summed E-state index contributed by atoms with van der Waals surface area (Å²) < 4.78 is 17.1. The Balaban J connectivity index is 2.12. The third kappa shape index (κ3) is 3.73. The highest BCUT2D eigenvalue weighted by Gasteiger charge is 2.44. The number of allylic oxidation sites excluding steroid dienone is 1. The number of carbonyl (C=O) groups is 1. The van der Waals surface area contributed by atoms with Gasteiger partial charge in [-0.2, -0.15) is 0 Å². The lowest BCUT2D eigenvalue weighted by Crippen LogP contribution is -2.51. The Bertz CT molecular complexity index is 1040. The molecule has 1 aliphatic heterocycles. The number of aliphatic hydroxyl groups is 2. The predicted octanol–water partition coefficient (Wildman–Crippen LogP) is 1.94. The van der Waals surface area contributed by atoms with Gasteiger partial charge in [0.05, 0.1) is 0 Å². The van der Waals surface area contributed by atoms with E-state index >= 15 is 0 Å². The van der Waals surface area contributed by atoms with Crippen LogP contribution in [-0.2, 0) is 22.6 Å². The largest absolute Gasteiger partial charge is 0.507 e. The van der Waals surface area contributed by atoms with Crippen LogP contribution in [0, 0.1) is 0 Å². The Morgan fingerprint density at radius 3 is 2.72 bits per heavy atom. The molecule has 156 valence electrons. The summed E-state index contributed by atoms with van der Waals surface area (Å²) in [5, 5.41) is 29.5. The molecule has 1 aliphatic rings. The molecular formula is C21H24O8. The normalized spacial score (nSPS) is 21.6. The molecule has 0 bridgehead atoms. The number of carbonyl (C=O) groups excluding carboxylic acids is 1. The average molecular weight is 404 g/mol. The number of ether oxygens (including phenoxy) is 2. The zero-order chi connectivity index (χ0) is 21.3. The summed E-state index contributed by atoms with van der Waals surface area (Å²) in [5.74, 6) is -0.518. The quantitative estimate of drug-likeness (QED) is 0.510. The number of phenols is 1. The number of hydrogen-bond acceptors (Lipinski definition) is 8. The lowest BCUT2D eigenvalue weighted by atomic mass is 9.86. The van der Waals surface area contributed by atoms with Gasteiger partial charge in [-0.05, 0) is 20.8 Å². The molecule has 1 aromatic carbocycles. The Morgan fingerprint density at radius 2 is 2.10 bits per heavy atom. The SMILES string of the molecule is C/C=C(/C)C(=O)O[C@@H]1Cc2c(cc3oc(CO)cc(=O)c3c2O)O[C@@]1(C)CCO. The summed E-state index contributed by atoms with van der Waals surface area (Å²) in [7, 11) is 0. The summed E-state index contributed by atoms with van der Waals surface area (Å²) in [6, 6.07) is 2.58. The molecule has 2 atom stereocenters. The fraction of sp³-hybridized carbons (Fsp3) is 0.429. The van der Waals surface area contributed by atoms with Gasteiger partial charge in [-0.25, -0.2) is 4.79 Å². The van der Waals surface area contributed by atoms with Gasteiger partial charge in [0.15, 0.2) is 5.43 Å². The van der Waals surface area contributed by atoms with Gasteiger partial charge in [-0.15, -0.1) is 0 Å². The van der Waals surface area contributed by atoms with Crippen LogP contribution >= 0.6 is 0 Å². The lowest BCUT2D eigenvalue weighted by molar-refractivity contribution is -0.159. The Kier molecular flexibility index (Phi) is 5.68. The van der Waals surface area contributed by atoms with Crippen LogP contribution in [0.5, 0.6) is 11.5 Å². The van der Waals surface area contributed by atoms with Crippen molar-refractivity contribution in [2.75, 3.05) is 6.61 Å². The third-order valence-electron chi connectivity index (χ3n) is 5.29. The number of benzene rings is 1. The van der Waals surface area contributed by atoms with Crippen molar-refractivity contribution in [1.82, 2.24) is 0 Å². The molecule has 8 heteroatoms. The van der Waals surface area contributed by atoms with E-state index in [9.17, 15) is 24.9 Å². The highest BCUT2D eigenvalue weighted by atomic mass is 16.6. The fourth-order valence-corrected chi connectivity index (χ4v) is 3.40. The van der Waals surface area contributed by atoms with Gasteiger partial charge in [-0.3, -0.25) is 4.79 Å². The lowest BCUT2D eigenvalue weighted by Gasteiger charge is -2.41. The molecule has 0 saturated carbocycles. The predicted molar refractivity (Wildman–Crippen MR) is 104 cm³/mol. The summed E-state index contributed by atoms with van der Waals surface area (Å²) in [4.78, 5) is 24.7. The second kappa shape index (κ2) is 7.88. The van der Waals surface area contributed by atoms with E-state index in [4.69, 9.17) is 13.9 Å². The van der Waals surface area contributed by atoms with Crippen molar-refractivity contribution >= 4 is 16.9 Å². The number of esters is 1. The molecule has 0 amide bonds. The van der Waals surface area contributed by atoms with Crippen molar-refractivity contribution < 1.29 is 34.0 Å². The minimum atomic E-state index is -1.06. The van der Waals surface area contributed by atoms with Gasteiger partial charge in [0.25, 0.3) is 0 Å². The second-order valence-electron chi connectivity index (χ2n) is 7.27. The summed E-state index contributed by atoms with van der Waals surface area (Å²) in [5.41, 5.74) is -0.752. The molecule has 2 heterocycles. The Morgan fingerprint density at radius 1 is 1.38 bits per heavy atom. The highest BCUT2D eigenvalue weighted by Crippen LogP contribution is 2.44. The Hall–Kier alpha value is -2.84. The number of fused-ring (bicyclic) bond motifs is 2. The Labute approximate surface area is 167 Å². The first-order valence-electron chi connectivity index (χ1n) is 9.30. The van der Waals surface area contributed by atoms with Crippen LogP contribution in [0.2, 0.25) is 0 Å². The van der Waals surface area contributed by atoms with Gasteiger partial charge in [-0.1, -0.05) is 6.08 Å². The third-order valence-corrected chi connectivity index (χ3v) is 5.29. The van der Waals surface area contributed by atoms with E-state index in [0.29, 0.717) is 11.1 Å².